The molecule has 0 bridgehead atoms. The van der Waals surface area contributed by atoms with Crippen LogP contribution in [0.1, 0.15) is 47.1 Å². The lowest BCUT2D eigenvalue weighted by atomic mass is 9.89. The van der Waals surface area contributed by atoms with Gasteiger partial charge in [-0.05, 0) is 85.5 Å². The van der Waals surface area contributed by atoms with Crippen molar-refractivity contribution in [2.24, 2.45) is 0 Å². The standard InChI is InChI=1S/C38H38FNO9/c1-23(41)40-19-18-27-21-30(42)31(22-29(27)26-16-11-17-28(39)20-26)46-37-33(48-36(44)25-14-9-6-10-15-25)32(34(45-4)38(2,3)49-37)47-35(43)24-12-7-5-8-13-24/h5-17,20-22,32-34,37,42H,18-19H2,1-4H3,(H,40,41)/t32-,33+,34+,37+/m0/s1. The van der Waals surface area contributed by atoms with E-state index >= 15 is 0 Å². The molecule has 49 heavy (non-hydrogen) atoms. The summed E-state index contributed by atoms with van der Waals surface area (Å²) in [5, 5.41) is 14.0. The topological polar surface area (TPSA) is 130 Å². The monoisotopic (exact) mass is 671 g/mol. The van der Waals surface area contributed by atoms with Crippen LogP contribution >= 0.6 is 0 Å². The molecule has 1 heterocycles. The summed E-state index contributed by atoms with van der Waals surface area (Å²) in [4.78, 5) is 38.4. The maximum absolute atomic E-state index is 14.4. The molecule has 11 heteroatoms. The highest BCUT2D eigenvalue weighted by Crippen LogP contribution is 2.41. The van der Waals surface area contributed by atoms with Gasteiger partial charge in [0.05, 0.1) is 16.7 Å². The molecule has 4 atom stereocenters. The quantitative estimate of drug-likeness (QED) is 0.189. The van der Waals surface area contributed by atoms with Crippen LogP contribution in [0.5, 0.6) is 11.5 Å². The lowest BCUT2D eigenvalue weighted by Gasteiger charge is -2.48. The highest BCUT2D eigenvalue weighted by Gasteiger charge is 2.56. The fourth-order valence-electron chi connectivity index (χ4n) is 5.78. The summed E-state index contributed by atoms with van der Waals surface area (Å²) in [6, 6.07) is 25.4. The summed E-state index contributed by atoms with van der Waals surface area (Å²) >= 11 is 0. The highest BCUT2D eigenvalue weighted by atomic mass is 19.1. The van der Waals surface area contributed by atoms with E-state index in [1.165, 1.54) is 38.3 Å². The number of halogens is 1. The Kier molecular flexibility index (Phi) is 11.0. The van der Waals surface area contributed by atoms with Crippen LogP contribution in [-0.2, 0) is 30.2 Å². The average Bonchev–Trinajstić information content (AvgIpc) is 3.07. The first-order chi connectivity index (χ1) is 23.5. The number of hydrogen-bond donors (Lipinski definition) is 2. The van der Waals surface area contributed by atoms with Crippen LogP contribution < -0.4 is 10.1 Å². The van der Waals surface area contributed by atoms with E-state index in [4.69, 9.17) is 23.7 Å². The Bertz CT molecular complexity index is 1780. The van der Waals surface area contributed by atoms with Crippen molar-refractivity contribution < 1.29 is 47.6 Å². The smallest absolute Gasteiger partial charge is 0.338 e. The molecule has 10 nitrogen and oxygen atoms in total. The van der Waals surface area contributed by atoms with Crippen LogP contribution in [0.15, 0.2) is 97.1 Å². The first-order valence-corrected chi connectivity index (χ1v) is 15.7. The van der Waals surface area contributed by atoms with Gasteiger partial charge in [0.15, 0.2) is 17.6 Å². The molecule has 0 unspecified atom stereocenters. The second-order valence-corrected chi connectivity index (χ2v) is 12.1. The second kappa shape index (κ2) is 15.3. The van der Waals surface area contributed by atoms with Gasteiger partial charge < -0.3 is 34.1 Å². The van der Waals surface area contributed by atoms with Gasteiger partial charge in [-0.1, -0.05) is 48.5 Å². The fourth-order valence-corrected chi connectivity index (χ4v) is 5.78. The van der Waals surface area contributed by atoms with Crippen molar-refractivity contribution in [1.29, 1.82) is 0 Å². The summed E-state index contributed by atoms with van der Waals surface area (Å²) in [6.45, 7) is 5.08. The Labute approximate surface area is 283 Å². The van der Waals surface area contributed by atoms with Crippen LogP contribution in [0.3, 0.4) is 0 Å². The number of amides is 1. The lowest BCUT2D eigenvalue weighted by molar-refractivity contribution is -0.304. The van der Waals surface area contributed by atoms with Gasteiger partial charge in [-0.2, -0.15) is 0 Å². The van der Waals surface area contributed by atoms with E-state index in [0.717, 1.165) is 0 Å². The van der Waals surface area contributed by atoms with Gasteiger partial charge in [0.25, 0.3) is 0 Å². The third-order valence-corrected chi connectivity index (χ3v) is 8.09. The minimum Gasteiger partial charge on any atom is -0.504 e. The van der Waals surface area contributed by atoms with E-state index in [-0.39, 0.29) is 35.1 Å². The van der Waals surface area contributed by atoms with Crippen molar-refractivity contribution in [3.05, 3.63) is 120 Å². The molecule has 0 aliphatic carbocycles. The largest absolute Gasteiger partial charge is 0.504 e. The zero-order valence-electron chi connectivity index (χ0n) is 27.6. The van der Waals surface area contributed by atoms with Crippen LogP contribution in [0, 0.1) is 5.82 Å². The van der Waals surface area contributed by atoms with Crippen LogP contribution in [-0.4, -0.2) is 66.8 Å². The molecule has 4 aromatic rings. The van der Waals surface area contributed by atoms with Crippen molar-refractivity contribution in [3.63, 3.8) is 0 Å². The number of hydrogen-bond acceptors (Lipinski definition) is 9. The number of ether oxygens (including phenoxy) is 5. The Morgan fingerprint density at radius 2 is 1.47 bits per heavy atom. The molecule has 2 N–H and O–H groups in total. The normalized spacial score (nSPS) is 19.8. The summed E-state index contributed by atoms with van der Waals surface area (Å²) in [5.41, 5.74) is 0.944. The van der Waals surface area contributed by atoms with Gasteiger partial charge in [0.1, 0.15) is 11.9 Å². The van der Waals surface area contributed by atoms with E-state index in [9.17, 15) is 23.9 Å². The van der Waals surface area contributed by atoms with Crippen molar-refractivity contribution in [2.75, 3.05) is 13.7 Å². The maximum atomic E-state index is 14.4. The first-order valence-electron chi connectivity index (χ1n) is 15.7. The highest BCUT2D eigenvalue weighted by molar-refractivity contribution is 5.90. The molecule has 0 saturated carbocycles. The van der Waals surface area contributed by atoms with Crippen LogP contribution in [0.2, 0.25) is 0 Å². The Hall–Kier alpha value is -5.26. The van der Waals surface area contributed by atoms with Gasteiger partial charge in [0, 0.05) is 20.6 Å². The second-order valence-electron chi connectivity index (χ2n) is 12.1. The molecule has 1 amide bonds. The summed E-state index contributed by atoms with van der Waals surface area (Å²) in [7, 11) is 1.42. The lowest BCUT2D eigenvalue weighted by Crippen LogP contribution is -2.66. The predicted octanol–water partition coefficient (Wildman–Crippen LogP) is 5.86. The minimum atomic E-state index is -1.43. The SMILES string of the molecule is CO[C@@H]1[C@@H](OC(=O)c2ccccc2)[C@@H](OC(=O)c2ccccc2)[C@H](Oc2cc(-c3cccc(F)c3)c(CCNC(C)=O)cc2O)OC1(C)C. The van der Waals surface area contributed by atoms with Crippen molar-refractivity contribution in [2.45, 2.75) is 57.4 Å². The van der Waals surface area contributed by atoms with Gasteiger partial charge >= 0.3 is 11.9 Å². The number of carbonyl (C=O) groups excluding carboxylic acids is 3. The molecule has 4 aromatic carbocycles. The minimum absolute atomic E-state index is 0.0758. The first kappa shape index (κ1) is 35.1. The molecule has 0 aromatic heterocycles. The van der Waals surface area contributed by atoms with Gasteiger partial charge in [-0.3, -0.25) is 4.79 Å². The van der Waals surface area contributed by atoms with E-state index in [0.29, 0.717) is 23.1 Å². The van der Waals surface area contributed by atoms with Gasteiger partial charge in [-0.25, -0.2) is 14.0 Å². The summed E-state index contributed by atoms with van der Waals surface area (Å²) < 4.78 is 44.8. The molecular formula is C38H38FNO9. The molecule has 5 rings (SSSR count). The Morgan fingerprint density at radius 1 is 0.857 bits per heavy atom. The predicted molar refractivity (Wildman–Crippen MR) is 178 cm³/mol. The fraction of sp³-hybridized carbons (Fsp3) is 0.289. The number of carbonyl (C=O) groups is 3. The summed E-state index contributed by atoms with van der Waals surface area (Å²) in [6.07, 6.45) is -4.67. The Morgan fingerprint density at radius 3 is 2.04 bits per heavy atom. The van der Waals surface area contributed by atoms with E-state index in [1.54, 1.807) is 86.6 Å². The van der Waals surface area contributed by atoms with Crippen molar-refractivity contribution in [1.82, 2.24) is 5.32 Å². The molecule has 256 valence electrons. The molecule has 0 spiro atoms. The number of methoxy groups -OCH3 is 1. The average molecular weight is 672 g/mol. The zero-order valence-corrected chi connectivity index (χ0v) is 27.6. The molecule has 1 saturated heterocycles. The molecule has 1 aliphatic heterocycles. The molecule has 1 fully saturated rings. The van der Waals surface area contributed by atoms with Crippen LogP contribution in [0.25, 0.3) is 11.1 Å². The van der Waals surface area contributed by atoms with E-state index in [1.807, 2.05) is 0 Å². The number of phenolic OH excluding ortho intramolecular Hbond substituents is 1. The van der Waals surface area contributed by atoms with Crippen molar-refractivity contribution >= 4 is 17.8 Å². The Balaban J connectivity index is 1.56. The molecule has 0 radical (unpaired) electrons. The maximum Gasteiger partial charge on any atom is 0.338 e. The van der Waals surface area contributed by atoms with E-state index < -0.39 is 48.0 Å². The number of esters is 2. The third-order valence-electron chi connectivity index (χ3n) is 8.09. The third kappa shape index (κ3) is 8.43. The number of aromatic hydroxyl groups is 1. The number of phenols is 1. The van der Waals surface area contributed by atoms with Crippen molar-refractivity contribution in [3.8, 4) is 22.6 Å². The van der Waals surface area contributed by atoms with Crippen LogP contribution in [0.4, 0.5) is 4.39 Å². The number of rotatable bonds is 11. The zero-order chi connectivity index (χ0) is 35.1. The van der Waals surface area contributed by atoms with Gasteiger partial charge in [0.2, 0.25) is 18.3 Å². The molecular weight excluding hydrogens is 633 g/mol. The van der Waals surface area contributed by atoms with E-state index in [2.05, 4.69) is 5.32 Å². The molecule has 1 aliphatic rings. The summed E-state index contributed by atoms with van der Waals surface area (Å²) in [5.74, 6) is -2.49. The van der Waals surface area contributed by atoms with Gasteiger partial charge in [-0.15, -0.1) is 0 Å². The number of nitrogens with one attached hydrogen (secondary N) is 1. The number of benzene rings is 4.